The molecule has 1 unspecified atom stereocenters. The summed E-state index contributed by atoms with van der Waals surface area (Å²) in [5.74, 6) is -0.335. The zero-order chi connectivity index (χ0) is 14.0. The summed E-state index contributed by atoms with van der Waals surface area (Å²) in [6.45, 7) is 0. The average Bonchev–Trinajstić information content (AvgIpc) is 2.38. The predicted molar refractivity (Wildman–Crippen MR) is 81.9 cm³/mol. The first-order valence-corrected chi connectivity index (χ1v) is 7.51. The molecule has 0 radical (unpaired) electrons. The molecule has 0 aliphatic heterocycles. The van der Waals surface area contributed by atoms with Crippen LogP contribution in [0.4, 0.5) is 4.39 Å². The highest BCUT2D eigenvalue weighted by molar-refractivity contribution is 9.10. The quantitative estimate of drug-likeness (QED) is 0.733. The number of benzene rings is 2. The number of aliphatic hydroxyl groups is 1. The lowest BCUT2D eigenvalue weighted by Gasteiger charge is -2.13. The summed E-state index contributed by atoms with van der Waals surface area (Å²) in [6, 6.07) is 10.0. The van der Waals surface area contributed by atoms with Crippen LogP contribution in [0.3, 0.4) is 0 Å². The van der Waals surface area contributed by atoms with Gasteiger partial charge in [0.25, 0.3) is 0 Å². The molecule has 2 rings (SSSR count). The maximum Gasteiger partial charge on any atom is 0.137 e. The molecule has 0 saturated carbocycles. The summed E-state index contributed by atoms with van der Waals surface area (Å²) in [5.41, 5.74) is 1.41. The Morgan fingerprint density at radius 1 is 1.21 bits per heavy atom. The number of halogens is 4. The first kappa shape index (κ1) is 15.0. The topological polar surface area (TPSA) is 20.2 Å². The Morgan fingerprint density at radius 3 is 2.63 bits per heavy atom. The molecular weight excluding hydrogens is 398 g/mol. The van der Waals surface area contributed by atoms with Crippen LogP contribution in [-0.2, 0) is 6.42 Å². The van der Waals surface area contributed by atoms with Gasteiger partial charge in [-0.2, -0.15) is 0 Å². The second kappa shape index (κ2) is 6.35. The van der Waals surface area contributed by atoms with Crippen LogP contribution in [0, 0.1) is 5.82 Å². The first-order valence-electron chi connectivity index (χ1n) is 5.55. The van der Waals surface area contributed by atoms with Crippen LogP contribution in [0.25, 0.3) is 0 Å². The van der Waals surface area contributed by atoms with E-state index in [4.69, 9.17) is 11.6 Å². The third-order valence-corrected chi connectivity index (χ3v) is 4.89. The molecule has 0 heterocycles. The van der Waals surface area contributed by atoms with Crippen molar-refractivity contribution in [2.45, 2.75) is 12.5 Å². The molecule has 100 valence electrons. The lowest BCUT2D eigenvalue weighted by molar-refractivity contribution is 0.178. The van der Waals surface area contributed by atoms with Gasteiger partial charge in [-0.05, 0) is 61.2 Å². The second-order valence-electron chi connectivity index (χ2n) is 4.11. The van der Waals surface area contributed by atoms with Crippen LogP contribution in [0.15, 0.2) is 45.3 Å². The molecular formula is C14H10Br2ClFO. The Bertz CT molecular complexity index is 604. The van der Waals surface area contributed by atoms with Gasteiger partial charge in [0.05, 0.1) is 15.6 Å². The van der Waals surface area contributed by atoms with E-state index < -0.39 is 6.10 Å². The van der Waals surface area contributed by atoms with Crippen LogP contribution in [-0.4, -0.2) is 5.11 Å². The Kier molecular flexibility index (Phi) is 5.01. The van der Waals surface area contributed by atoms with E-state index in [0.29, 0.717) is 27.0 Å². The van der Waals surface area contributed by atoms with Crippen molar-refractivity contribution in [2.75, 3.05) is 0 Å². The van der Waals surface area contributed by atoms with Crippen LogP contribution in [0.2, 0.25) is 5.02 Å². The molecule has 1 nitrogen and oxygen atoms in total. The van der Waals surface area contributed by atoms with Crippen molar-refractivity contribution in [3.8, 4) is 0 Å². The van der Waals surface area contributed by atoms with E-state index in [2.05, 4.69) is 31.9 Å². The molecule has 2 aromatic rings. The van der Waals surface area contributed by atoms with Crippen molar-refractivity contribution in [3.05, 3.63) is 67.3 Å². The average molecular weight is 408 g/mol. The van der Waals surface area contributed by atoms with Gasteiger partial charge >= 0.3 is 0 Å². The Morgan fingerprint density at radius 2 is 1.95 bits per heavy atom. The highest BCUT2D eigenvalue weighted by Crippen LogP contribution is 2.29. The zero-order valence-electron chi connectivity index (χ0n) is 9.71. The molecule has 0 bridgehead atoms. The van der Waals surface area contributed by atoms with Crippen molar-refractivity contribution >= 4 is 43.5 Å². The summed E-state index contributed by atoms with van der Waals surface area (Å²) in [5, 5.41) is 10.7. The smallest absolute Gasteiger partial charge is 0.137 e. The number of hydrogen-bond donors (Lipinski definition) is 1. The fourth-order valence-electron chi connectivity index (χ4n) is 1.75. The Labute approximate surface area is 132 Å². The largest absolute Gasteiger partial charge is 0.388 e. The van der Waals surface area contributed by atoms with E-state index in [-0.39, 0.29) is 5.82 Å². The van der Waals surface area contributed by atoms with E-state index in [0.717, 1.165) is 4.47 Å². The minimum absolute atomic E-state index is 0.316. The van der Waals surface area contributed by atoms with E-state index in [1.807, 2.05) is 0 Å². The SMILES string of the molecule is OC(Cc1cccc(F)c1Br)c1ccc(Br)c(Cl)c1. The fourth-order valence-corrected chi connectivity index (χ4v) is 2.61. The van der Waals surface area contributed by atoms with Crippen molar-refractivity contribution in [1.29, 1.82) is 0 Å². The number of aliphatic hydroxyl groups excluding tert-OH is 1. The van der Waals surface area contributed by atoms with Gasteiger partial charge in [0.1, 0.15) is 5.82 Å². The monoisotopic (exact) mass is 406 g/mol. The van der Waals surface area contributed by atoms with E-state index in [9.17, 15) is 9.50 Å². The lowest BCUT2D eigenvalue weighted by atomic mass is 10.0. The highest BCUT2D eigenvalue weighted by Gasteiger charge is 2.13. The number of rotatable bonds is 3. The third kappa shape index (κ3) is 3.57. The fraction of sp³-hybridized carbons (Fsp3) is 0.143. The summed E-state index contributed by atoms with van der Waals surface area (Å²) in [4.78, 5) is 0. The molecule has 1 N–H and O–H groups in total. The summed E-state index contributed by atoms with van der Waals surface area (Å²) >= 11 is 12.5. The van der Waals surface area contributed by atoms with Gasteiger partial charge in [-0.15, -0.1) is 0 Å². The van der Waals surface area contributed by atoms with E-state index >= 15 is 0 Å². The van der Waals surface area contributed by atoms with E-state index in [1.54, 1.807) is 30.3 Å². The first-order chi connectivity index (χ1) is 8.99. The second-order valence-corrected chi connectivity index (χ2v) is 6.16. The zero-order valence-corrected chi connectivity index (χ0v) is 13.6. The molecule has 0 aliphatic rings. The molecule has 1 atom stereocenters. The molecule has 2 aromatic carbocycles. The molecule has 0 saturated heterocycles. The standard InChI is InChI=1S/C14H10Br2ClFO/c15-10-5-4-8(6-11(10)17)13(19)7-9-2-1-3-12(18)14(9)16/h1-6,13,19H,7H2. The van der Waals surface area contributed by atoms with Gasteiger partial charge in [0, 0.05) is 10.9 Å². The minimum Gasteiger partial charge on any atom is -0.388 e. The van der Waals surface area contributed by atoms with Crippen molar-refractivity contribution in [2.24, 2.45) is 0 Å². The normalized spacial score (nSPS) is 12.5. The summed E-state index contributed by atoms with van der Waals surface area (Å²) < 4.78 is 14.6. The number of hydrogen-bond acceptors (Lipinski definition) is 1. The van der Waals surface area contributed by atoms with Gasteiger partial charge in [-0.3, -0.25) is 0 Å². The van der Waals surface area contributed by atoms with Gasteiger partial charge in [-0.1, -0.05) is 29.8 Å². The van der Waals surface area contributed by atoms with Gasteiger partial charge in [-0.25, -0.2) is 4.39 Å². The lowest BCUT2D eigenvalue weighted by Crippen LogP contribution is -2.03. The summed E-state index contributed by atoms with van der Waals surface area (Å²) in [7, 11) is 0. The predicted octanol–water partition coefficient (Wildman–Crippen LogP) is 5.28. The molecule has 5 heteroatoms. The minimum atomic E-state index is -0.733. The van der Waals surface area contributed by atoms with Gasteiger partial charge in [0.2, 0.25) is 0 Å². The Hall–Kier alpha value is -0.420. The third-order valence-electron chi connectivity index (χ3n) is 2.77. The molecule has 0 spiro atoms. The van der Waals surface area contributed by atoms with Crippen molar-refractivity contribution in [1.82, 2.24) is 0 Å². The van der Waals surface area contributed by atoms with Gasteiger partial charge in [0.15, 0.2) is 0 Å². The molecule has 0 fully saturated rings. The maximum atomic E-state index is 13.4. The van der Waals surface area contributed by atoms with Crippen molar-refractivity contribution in [3.63, 3.8) is 0 Å². The summed E-state index contributed by atoms with van der Waals surface area (Å²) in [6.07, 6.45) is -0.417. The molecule has 0 aromatic heterocycles. The molecule has 19 heavy (non-hydrogen) atoms. The van der Waals surface area contributed by atoms with Crippen LogP contribution >= 0.6 is 43.5 Å². The van der Waals surface area contributed by atoms with E-state index in [1.165, 1.54) is 6.07 Å². The van der Waals surface area contributed by atoms with Crippen molar-refractivity contribution < 1.29 is 9.50 Å². The van der Waals surface area contributed by atoms with Crippen LogP contribution < -0.4 is 0 Å². The maximum absolute atomic E-state index is 13.4. The van der Waals surface area contributed by atoms with Crippen LogP contribution in [0.5, 0.6) is 0 Å². The highest BCUT2D eigenvalue weighted by atomic mass is 79.9. The molecule has 0 amide bonds. The Balaban J connectivity index is 2.23. The van der Waals surface area contributed by atoms with Crippen LogP contribution in [0.1, 0.15) is 17.2 Å². The van der Waals surface area contributed by atoms with Gasteiger partial charge < -0.3 is 5.11 Å². The molecule has 0 aliphatic carbocycles.